The SMILES string of the molecule is NCCOc1ccc(-c2ccc(F)c(Cl)c2)cc1OC(F)(F)F. The van der Waals surface area contributed by atoms with Crippen LogP contribution >= 0.6 is 11.6 Å². The molecule has 0 heterocycles. The van der Waals surface area contributed by atoms with E-state index in [1.165, 1.54) is 24.3 Å². The first-order chi connectivity index (χ1) is 10.8. The fourth-order valence-corrected chi connectivity index (χ4v) is 2.04. The van der Waals surface area contributed by atoms with Gasteiger partial charge >= 0.3 is 6.36 Å². The molecule has 0 amide bonds. The van der Waals surface area contributed by atoms with Gasteiger partial charge in [0.05, 0.1) is 5.02 Å². The molecule has 0 spiro atoms. The monoisotopic (exact) mass is 349 g/mol. The molecule has 0 unspecified atom stereocenters. The highest BCUT2D eigenvalue weighted by Crippen LogP contribution is 2.36. The fraction of sp³-hybridized carbons (Fsp3) is 0.200. The van der Waals surface area contributed by atoms with Crippen molar-refractivity contribution in [3.8, 4) is 22.6 Å². The number of hydrogen-bond acceptors (Lipinski definition) is 3. The van der Waals surface area contributed by atoms with Gasteiger partial charge in [-0.05, 0) is 35.4 Å². The molecule has 2 aromatic rings. The van der Waals surface area contributed by atoms with Gasteiger partial charge in [-0.15, -0.1) is 13.2 Å². The van der Waals surface area contributed by atoms with Crippen molar-refractivity contribution in [2.24, 2.45) is 5.73 Å². The molecule has 0 saturated carbocycles. The zero-order valence-corrected chi connectivity index (χ0v) is 12.4. The van der Waals surface area contributed by atoms with E-state index in [0.29, 0.717) is 11.1 Å². The maximum Gasteiger partial charge on any atom is 0.573 e. The van der Waals surface area contributed by atoms with Crippen molar-refractivity contribution in [3.05, 3.63) is 47.2 Å². The normalized spacial score (nSPS) is 11.4. The molecule has 0 aliphatic carbocycles. The van der Waals surface area contributed by atoms with Gasteiger partial charge in [-0.1, -0.05) is 23.7 Å². The minimum atomic E-state index is -4.88. The maximum atomic E-state index is 13.2. The summed E-state index contributed by atoms with van der Waals surface area (Å²) in [4.78, 5) is 0. The predicted molar refractivity (Wildman–Crippen MR) is 78.1 cm³/mol. The van der Waals surface area contributed by atoms with Crippen LogP contribution in [0.25, 0.3) is 11.1 Å². The number of ether oxygens (including phenoxy) is 2. The molecule has 0 radical (unpaired) electrons. The first-order valence-electron chi connectivity index (χ1n) is 6.48. The molecule has 0 atom stereocenters. The zero-order valence-electron chi connectivity index (χ0n) is 11.7. The lowest BCUT2D eigenvalue weighted by Crippen LogP contribution is -2.18. The third kappa shape index (κ3) is 4.74. The van der Waals surface area contributed by atoms with E-state index in [2.05, 4.69) is 4.74 Å². The summed E-state index contributed by atoms with van der Waals surface area (Å²) in [6.45, 7) is 0.177. The van der Waals surface area contributed by atoms with Gasteiger partial charge in [0.1, 0.15) is 12.4 Å². The van der Waals surface area contributed by atoms with Gasteiger partial charge in [0, 0.05) is 6.54 Å². The summed E-state index contributed by atoms with van der Waals surface area (Å²) >= 11 is 5.68. The Morgan fingerprint density at radius 2 is 1.65 bits per heavy atom. The fourth-order valence-electron chi connectivity index (χ4n) is 1.86. The van der Waals surface area contributed by atoms with Crippen LogP contribution in [0.4, 0.5) is 17.6 Å². The molecule has 0 aliphatic heterocycles. The number of rotatable bonds is 5. The Hall–Kier alpha value is -1.99. The Morgan fingerprint density at radius 3 is 2.26 bits per heavy atom. The Kier molecular flexibility index (Phi) is 5.33. The molecule has 2 aromatic carbocycles. The summed E-state index contributed by atoms with van der Waals surface area (Å²) in [5, 5.41) is -0.135. The van der Waals surface area contributed by atoms with Gasteiger partial charge in [0.25, 0.3) is 0 Å². The van der Waals surface area contributed by atoms with E-state index in [9.17, 15) is 17.6 Å². The molecular formula is C15H12ClF4NO2. The van der Waals surface area contributed by atoms with Crippen LogP contribution in [0, 0.1) is 5.82 Å². The highest BCUT2D eigenvalue weighted by atomic mass is 35.5. The standard InChI is InChI=1S/C15H12ClF4NO2/c16-11-7-9(1-3-12(11)17)10-2-4-13(22-6-5-21)14(8-10)23-15(18,19)20/h1-4,7-8H,5-6,21H2. The quantitative estimate of drug-likeness (QED) is 0.815. The van der Waals surface area contributed by atoms with Crippen LogP contribution in [0.3, 0.4) is 0 Å². The second-order valence-electron chi connectivity index (χ2n) is 4.48. The van der Waals surface area contributed by atoms with Gasteiger partial charge in [-0.3, -0.25) is 0 Å². The molecule has 0 fully saturated rings. The summed E-state index contributed by atoms with van der Waals surface area (Å²) in [6.07, 6.45) is -4.88. The molecule has 8 heteroatoms. The highest BCUT2D eigenvalue weighted by Gasteiger charge is 2.32. The summed E-state index contributed by atoms with van der Waals surface area (Å²) in [6, 6.07) is 7.81. The number of alkyl halides is 3. The first kappa shape index (κ1) is 17.4. The Morgan fingerprint density at radius 1 is 1.00 bits per heavy atom. The van der Waals surface area contributed by atoms with Gasteiger partial charge in [-0.2, -0.15) is 0 Å². The van der Waals surface area contributed by atoms with Crippen molar-refractivity contribution in [2.45, 2.75) is 6.36 Å². The summed E-state index contributed by atoms with van der Waals surface area (Å²) in [7, 11) is 0. The molecule has 124 valence electrons. The van der Waals surface area contributed by atoms with E-state index >= 15 is 0 Å². The van der Waals surface area contributed by atoms with Crippen molar-refractivity contribution < 1.29 is 27.0 Å². The van der Waals surface area contributed by atoms with Crippen molar-refractivity contribution in [3.63, 3.8) is 0 Å². The van der Waals surface area contributed by atoms with Gasteiger partial charge in [-0.25, -0.2) is 4.39 Å². The van der Waals surface area contributed by atoms with Crippen molar-refractivity contribution in [2.75, 3.05) is 13.2 Å². The van der Waals surface area contributed by atoms with Crippen molar-refractivity contribution in [1.82, 2.24) is 0 Å². The molecule has 3 nitrogen and oxygen atoms in total. The smallest absolute Gasteiger partial charge is 0.488 e. The molecule has 0 aliphatic rings. The van der Waals surface area contributed by atoms with Crippen LogP contribution in [-0.2, 0) is 0 Å². The molecule has 0 saturated heterocycles. The highest BCUT2D eigenvalue weighted by molar-refractivity contribution is 6.31. The second-order valence-corrected chi connectivity index (χ2v) is 4.88. The molecule has 2 rings (SSSR count). The van der Waals surface area contributed by atoms with Crippen LogP contribution in [0.15, 0.2) is 36.4 Å². The lowest BCUT2D eigenvalue weighted by molar-refractivity contribution is -0.275. The van der Waals surface area contributed by atoms with Crippen LogP contribution in [0.5, 0.6) is 11.5 Å². The van der Waals surface area contributed by atoms with Gasteiger partial charge in [0.2, 0.25) is 0 Å². The van der Waals surface area contributed by atoms with Gasteiger partial charge in [0.15, 0.2) is 11.5 Å². The molecule has 0 aromatic heterocycles. The molecule has 23 heavy (non-hydrogen) atoms. The second kappa shape index (κ2) is 7.06. The Labute approximate surface area is 134 Å². The number of nitrogens with two attached hydrogens (primary N) is 1. The number of halogens is 5. The van der Waals surface area contributed by atoms with E-state index < -0.39 is 17.9 Å². The Bertz CT molecular complexity index is 692. The molecule has 2 N–H and O–H groups in total. The number of benzene rings is 2. The van der Waals surface area contributed by atoms with E-state index in [-0.39, 0.29) is 23.9 Å². The van der Waals surface area contributed by atoms with E-state index in [1.54, 1.807) is 0 Å². The summed E-state index contributed by atoms with van der Waals surface area (Å²) in [5.74, 6) is -1.22. The van der Waals surface area contributed by atoms with E-state index in [4.69, 9.17) is 22.1 Å². The molecular weight excluding hydrogens is 338 g/mol. The summed E-state index contributed by atoms with van der Waals surface area (Å²) in [5.41, 5.74) is 6.07. The van der Waals surface area contributed by atoms with E-state index in [0.717, 1.165) is 12.1 Å². The average molecular weight is 350 g/mol. The lowest BCUT2D eigenvalue weighted by atomic mass is 10.1. The minimum absolute atomic E-state index is 0.0376. The third-order valence-corrected chi connectivity index (χ3v) is 3.09. The van der Waals surface area contributed by atoms with Crippen molar-refractivity contribution >= 4 is 11.6 Å². The first-order valence-corrected chi connectivity index (χ1v) is 6.86. The van der Waals surface area contributed by atoms with Gasteiger partial charge < -0.3 is 15.2 Å². The largest absolute Gasteiger partial charge is 0.573 e. The van der Waals surface area contributed by atoms with Crippen LogP contribution < -0.4 is 15.2 Å². The topological polar surface area (TPSA) is 44.5 Å². The Balaban J connectivity index is 2.41. The van der Waals surface area contributed by atoms with Crippen LogP contribution in [0.2, 0.25) is 5.02 Å². The number of hydrogen-bond donors (Lipinski definition) is 1. The van der Waals surface area contributed by atoms with Crippen LogP contribution in [-0.4, -0.2) is 19.5 Å². The molecule has 0 bridgehead atoms. The van der Waals surface area contributed by atoms with Crippen LogP contribution in [0.1, 0.15) is 0 Å². The zero-order chi connectivity index (χ0) is 17.0. The maximum absolute atomic E-state index is 13.2. The van der Waals surface area contributed by atoms with Crippen molar-refractivity contribution in [1.29, 1.82) is 0 Å². The van der Waals surface area contributed by atoms with E-state index in [1.807, 2.05) is 0 Å². The minimum Gasteiger partial charge on any atom is -0.488 e. The predicted octanol–water partition coefficient (Wildman–Crippen LogP) is 4.38. The lowest BCUT2D eigenvalue weighted by Gasteiger charge is -2.15. The third-order valence-electron chi connectivity index (χ3n) is 2.80. The average Bonchev–Trinajstić information content (AvgIpc) is 2.47. The summed E-state index contributed by atoms with van der Waals surface area (Å²) < 4.78 is 59.8.